The molecule has 0 spiro atoms. The van der Waals surface area contributed by atoms with E-state index in [-0.39, 0.29) is 21.4 Å². The van der Waals surface area contributed by atoms with Crippen molar-refractivity contribution in [2.75, 3.05) is 0 Å². The Hall–Kier alpha value is -1.18. The van der Waals surface area contributed by atoms with E-state index in [1.54, 1.807) is 0 Å². The molecule has 8 heteroatoms. The summed E-state index contributed by atoms with van der Waals surface area (Å²) in [5.74, 6) is 0. The molecule has 0 aliphatic heterocycles. The van der Waals surface area contributed by atoms with E-state index in [1.807, 2.05) is 13.8 Å². The Morgan fingerprint density at radius 3 is 2.62 bits per heavy atom. The van der Waals surface area contributed by atoms with Gasteiger partial charge < -0.3 is 0 Å². The Morgan fingerprint density at radius 1 is 1.43 bits per heavy atom. The lowest BCUT2D eigenvalue weighted by molar-refractivity contribution is -0.384. The first kappa shape index (κ1) is 16.2. The summed E-state index contributed by atoms with van der Waals surface area (Å²) in [4.78, 5) is 10.0. The van der Waals surface area contributed by atoms with Gasteiger partial charge in [0.1, 0.15) is 5.02 Å². The fourth-order valence-corrected chi connectivity index (χ4v) is 4.25. The lowest BCUT2D eigenvalue weighted by Gasteiger charge is -2.27. The van der Waals surface area contributed by atoms with Crippen LogP contribution in [0.15, 0.2) is 23.1 Å². The van der Waals surface area contributed by atoms with Gasteiger partial charge in [-0.1, -0.05) is 31.9 Å². The van der Waals surface area contributed by atoms with Crippen molar-refractivity contribution in [1.82, 2.24) is 4.72 Å². The van der Waals surface area contributed by atoms with Crippen molar-refractivity contribution in [3.05, 3.63) is 33.3 Å². The fourth-order valence-electron chi connectivity index (χ4n) is 2.60. The van der Waals surface area contributed by atoms with Gasteiger partial charge in [-0.05, 0) is 30.4 Å². The van der Waals surface area contributed by atoms with E-state index in [0.717, 1.165) is 25.3 Å². The van der Waals surface area contributed by atoms with Gasteiger partial charge in [0.2, 0.25) is 10.0 Å². The lowest BCUT2D eigenvalue weighted by Crippen LogP contribution is -2.41. The molecule has 1 aromatic rings. The number of nitro groups is 1. The Kier molecular flexibility index (Phi) is 4.28. The van der Waals surface area contributed by atoms with Gasteiger partial charge in [-0.2, -0.15) is 0 Å². The van der Waals surface area contributed by atoms with E-state index in [9.17, 15) is 18.5 Å². The molecule has 116 valence electrons. The Bertz CT molecular complexity index is 673. The van der Waals surface area contributed by atoms with Gasteiger partial charge in [0.15, 0.2) is 0 Å². The van der Waals surface area contributed by atoms with Crippen LogP contribution in [0.1, 0.15) is 33.1 Å². The van der Waals surface area contributed by atoms with Crippen molar-refractivity contribution in [3.63, 3.8) is 0 Å². The molecule has 0 bridgehead atoms. The lowest BCUT2D eigenvalue weighted by atomic mass is 9.88. The van der Waals surface area contributed by atoms with Crippen LogP contribution in [-0.2, 0) is 10.0 Å². The second-order valence-electron chi connectivity index (χ2n) is 5.93. The van der Waals surface area contributed by atoms with Gasteiger partial charge >= 0.3 is 0 Å². The average molecular weight is 333 g/mol. The van der Waals surface area contributed by atoms with Crippen LogP contribution >= 0.6 is 11.6 Å². The number of nitrogens with one attached hydrogen (secondary N) is 1. The van der Waals surface area contributed by atoms with Crippen molar-refractivity contribution in [3.8, 4) is 0 Å². The normalized spacial score (nSPS) is 21.4. The maximum absolute atomic E-state index is 12.4. The maximum atomic E-state index is 12.4. The summed E-state index contributed by atoms with van der Waals surface area (Å²) in [6.07, 6.45) is 2.67. The van der Waals surface area contributed by atoms with Crippen LogP contribution in [0.3, 0.4) is 0 Å². The summed E-state index contributed by atoms with van der Waals surface area (Å²) in [7, 11) is -3.80. The summed E-state index contributed by atoms with van der Waals surface area (Å²) in [6.45, 7) is 4.02. The SMILES string of the molecule is CC1(C)CCCC1NS(=O)(=O)c1ccc(Cl)c([N+](=O)[O-])c1. The van der Waals surface area contributed by atoms with E-state index in [0.29, 0.717) is 0 Å². The molecular weight excluding hydrogens is 316 g/mol. The van der Waals surface area contributed by atoms with Crippen molar-refractivity contribution in [2.45, 2.75) is 44.0 Å². The van der Waals surface area contributed by atoms with Crippen molar-refractivity contribution in [1.29, 1.82) is 0 Å². The summed E-state index contributed by atoms with van der Waals surface area (Å²) < 4.78 is 27.4. The summed E-state index contributed by atoms with van der Waals surface area (Å²) >= 11 is 5.70. The molecule has 2 rings (SSSR count). The van der Waals surface area contributed by atoms with Crippen LogP contribution in [-0.4, -0.2) is 19.4 Å². The molecule has 6 nitrogen and oxygen atoms in total. The van der Waals surface area contributed by atoms with Crippen molar-refractivity contribution >= 4 is 27.3 Å². The zero-order valence-corrected chi connectivity index (χ0v) is 13.4. The quantitative estimate of drug-likeness (QED) is 0.677. The molecule has 1 fully saturated rings. The van der Waals surface area contributed by atoms with Crippen LogP contribution in [0, 0.1) is 15.5 Å². The molecule has 1 aromatic carbocycles. The topological polar surface area (TPSA) is 89.3 Å². The van der Waals surface area contributed by atoms with Crippen LogP contribution in [0.4, 0.5) is 5.69 Å². The first-order chi connectivity index (χ1) is 9.63. The second-order valence-corrected chi connectivity index (χ2v) is 8.05. The zero-order chi connectivity index (χ0) is 15.8. The molecule has 0 amide bonds. The van der Waals surface area contributed by atoms with Crippen LogP contribution in [0.25, 0.3) is 0 Å². The number of hydrogen-bond donors (Lipinski definition) is 1. The van der Waals surface area contributed by atoms with Crippen molar-refractivity contribution < 1.29 is 13.3 Å². The fraction of sp³-hybridized carbons (Fsp3) is 0.538. The molecular formula is C13H17ClN2O4S. The zero-order valence-electron chi connectivity index (χ0n) is 11.8. The first-order valence-electron chi connectivity index (χ1n) is 6.60. The van der Waals surface area contributed by atoms with Gasteiger partial charge in [0.25, 0.3) is 5.69 Å². The number of halogens is 1. The standard InChI is InChI=1S/C13H17ClN2O4S/c1-13(2)7-3-4-12(13)15-21(19,20)9-5-6-10(14)11(8-9)16(17)18/h5-6,8,12,15H,3-4,7H2,1-2H3. The third kappa shape index (κ3) is 3.36. The second kappa shape index (κ2) is 5.55. The van der Waals surface area contributed by atoms with Crippen LogP contribution < -0.4 is 4.72 Å². The van der Waals surface area contributed by atoms with Gasteiger partial charge in [-0.25, -0.2) is 13.1 Å². The minimum Gasteiger partial charge on any atom is -0.258 e. The van der Waals surface area contributed by atoms with Crippen molar-refractivity contribution in [2.24, 2.45) is 5.41 Å². The molecule has 21 heavy (non-hydrogen) atoms. The molecule has 0 heterocycles. The monoisotopic (exact) mass is 332 g/mol. The Morgan fingerprint density at radius 2 is 2.10 bits per heavy atom. The molecule has 1 aliphatic rings. The number of rotatable bonds is 4. The highest BCUT2D eigenvalue weighted by atomic mass is 35.5. The number of nitrogens with zero attached hydrogens (tertiary/aromatic N) is 1. The summed E-state index contributed by atoms with van der Waals surface area (Å²) in [6, 6.07) is 3.33. The minimum absolute atomic E-state index is 0.0832. The number of benzene rings is 1. The van der Waals surface area contributed by atoms with Gasteiger partial charge in [0, 0.05) is 12.1 Å². The van der Waals surface area contributed by atoms with E-state index >= 15 is 0 Å². The molecule has 1 atom stereocenters. The molecule has 1 unspecified atom stereocenters. The number of sulfonamides is 1. The first-order valence-corrected chi connectivity index (χ1v) is 8.46. The molecule has 1 saturated carbocycles. The average Bonchev–Trinajstić information content (AvgIpc) is 2.68. The molecule has 0 aromatic heterocycles. The van der Waals surface area contributed by atoms with Gasteiger partial charge in [-0.3, -0.25) is 10.1 Å². The molecule has 0 radical (unpaired) electrons. The highest BCUT2D eigenvalue weighted by Crippen LogP contribution is 2.38. The number of nitro benzene ring substituents is 1. The Balaban J connectivity index is 2.32. The largest absolute Gasteiger partial charge is 0.289 e. The smallest absolute Gasteiger partial charge is 0.258 e. The van der Waals surface area contributed by atoms with E-state index < -0.39 is 20.6 Å². The van der Waals surface area contributed by atoms with E-state index in [4.69, 9.17) is 11.6 Å². The van der Waals surface area contributed by atoms with Gasteiger partial charge in [-0.15, -0.1) is 0 Å². The highest BCUT2D eigenvalue weighted by molar-refractivity contribution is 7.89. The van der Waals surface area contributed by atoms with Crippen LogP contribution in [0.5, 0.6) is 0 Å². The van der Waals surface area contributed by atoms with E-state index in [1.165, 1.54) is 12.1 Å². The Labute approximate surface area is 128 Å². The summed E-state index contributed by atoms with van der Waals surface area (Å²) in [5.41, 5.74) is -0.531. The van der Waals surface area contributed by atoms with Crippen LogP contribution in [0.2, 0.25) is 5.02 Å². The third-order valence-corrected chi connectivity index (χ3v) is 5.77. The van der Waals surface area contributed by atoms with E-state index in [2.05, 4.69) is 4.72 Å². The number of hydrogen-bond acceptors (Lipinski definition) is 4. The summed E-state index contributed by atoms with van der Waals surface area (Å²) in [5, 5.41) is 10.8. The predicted octanol–water partition coefficient (Wildman–Crippen LogP) is 3.11. The molecule has 0 saturated heterocycles. The van der Waals surface area contributed by atoms with Gasteiger partial charge in [0.05, 0.1) is 9.82 Å². The molecule has 1 N–H and O–H groups in total. The minimum atomic E-state index is -3.80. The predicted molar refractivity (Wildman–Crippen MR) is 79.8 cm³/mol. The maximum Gasteiger partial charge on any atom is 0.289 e. The molecule has 1 aliphatic carbocycles. The third-order valence-electron chi connectivity index (χ3n) is 3.98. The highest BCUT2D eigenvalue weighted by Gasteiger charge is 2.37.